The fourth-order valence-corrected chi connectivity index (χ4v) is 1.98. The molecule has 1 heterocycles. The van der Waals surface area contributed by atoms with E-state index in [-0.39, 0.29) is 20.8 Å². The number of rotatable bonds is 0. The Morgan fingerprint density at radius 2 is 1.91 bits per heavy atom. The quantitative estimate of drug-likeness (QED) is 0.615. The first-order valence-corrected chi connectivity index (χ1v) is 4.69. The molecule has 0 aliphatic heterocycles. The van der Waals surface area contributed by atoms with Crippen molar-refractivity contribution in [2.75, 3.05) is 0 Å². The average Bonchev–Trinajstić information content (AvgIpc) is 2.36. The molecule has 0 spiro atoms. The predicted octanol–water partition coefficient (Wildman–Crippen LogP) is 1.13. The molecule has 2 rings (SSSR count). The number of halogens is 1. The number of aryl methyl sites for hydroxylation is 1. The zero-order chi connectivity index (χ0) is 7.84. The summed E-state index contributed by atoms with van der Waals surface area (Å²) < 4.78 is 21.1. The van der Waals surface area contributed by atoms with Crippen LogP contribution in [0.2, 0.25) is 0 Å². The van der Waals surface area contributed by atoms with Gasteiger partial charge in [-0.2, -0.15) is 0 Å². The molecule has 4 heteroatoms. The van der Waals surface area contributed by atoms with Crippen molar-refractivity contribution in [3.8, 4) is 0 Å². The summed E-state index contributed by atoms with van der Waals surface area (Å²) in [6.07, 6.45) is 0. The Morgan fingerprint density at radius 3 is 2.64 bits per heavy atom. The van der Waals surface area contributed by atoms with Crippen LogP contribution in [0.5, 0.6) is 0 Å². The summed E-state index contributed by atoms with van der Waals surface area (Å²) in [6.45, 7) is 1.73. The second-order valence-corrected chi connectivity index (χ2v) is 3.46. The molecule has 0 N–H and O–H groups in total. The number of nitrogens with zero attached hydrogens (tertiary/aromatic N) is 2. The van der Waals surface area contributed by atoms with Crippen LogP contribution in [-0.2, 0) is 0 Å². The SMILES string of the molecule is Cc1cc2n[se]nc2cc1F. The van der Waals surface area contributed by atoms with Gasteiger partial charge in [-0.25, -0.2) is 0 Å². The maximum absolute atomic E-state index is 12.9. The molecule has 0 unspecified atom stereocenters. The van der Waals surface area contributed by atoms with Gasteiger partial charge >= 0.3 is 68.8 Å². The van der Waals surface area contributed by atoms with Gasteiger partial charge in [0.1, 0.15) is 0 Å². The van der Waals surface area contributed by atoms with Crippen LogP contribution in [0.4, 0.5) is 4.39 Å². The van der Waals surface area contributed by atoms with Crippen molar-refractivity contribution in [1.82, 2.24) is 7.96 Å². The van der Waals surface area contributed by atoms with Gasteiger partial charge in [-0.3, -0.25) is 0 Å². The molecule has 1 aromatic heterocycles. The molecule has 2 aromatic rings. The summed E-state index contributed by atoms with van der Waals surface area (Å²) >= 11 is -0.0530. The molecular weight excluding hydrogens is 210 g/mol. The molecule has 56 valence electrons. The molecule has 0 saturated heterocycles. The molecule has 11 heavy (non-hydrogen) atoms. The van der Waals surface area contributed by atoms with Gasteiger partial charge in [0.05, 0.1) is 0 Å². The van der Waals surface area contributed by atoms with Crippen LogP contribution in [0.1, 0.15) is 5.56 Å². The van der Waals surface area contributed by atoms with E-state index in [1.807, 2.05) is 0 Å². The van der Waals surface area contributed by atoms with Crippen molar-refractivity contribution in [3.05, 3.63) is 23.5 Å². The Hall–Kier alpha value is -0.731. The number of fused-ring (bicyclic) bond motifs is 1. The number of aromatic nitrogens is 2. The molecule has 0 bridgehead atoms. The Labute approximate surface area is 69.3 Å². The van der Waals surface area contributed by atoms with Crippen LogP contribution in [0.3, 0.4) is 0 Å². The zero-order valence-electron chi connectivity index (χ0n) is 5.84. The Balaban J connectivity index is 2.86. The van der Waals surface area contributed by atoms with E-state index < -0.39 is 0 Å². The molecule has 0 amide bonds. The van der Waals surface area contributed by atoms with Crippen molar-refractivity contribution in [1.29, 1.82) is 0 Å². The van der Waals surface area contributed by atoms with E-state index >= 15 is 0 Å². The van der Waals surface area contributed by atoms with E-state index in [0.29, 0.717) is 11.1 Å². The molecule has 0 aliphatic rings. The van der Waals surface area contributed by atoms with Crippen molar-refractivity contribution in [3.63, 3.8) is 0 Å². The van der Waals surface area contributed by atoms with E-state index in [1.165, 1.54) is 6.07 Å². The number of benzene rings is 1. The molecule has 0 aliphatic carbocycles. The summed E-state index contributed by atoms with van der Waals surface area (Å²) in [5.41, 5.74) is 2.18. The molecular formula is C7H5FN2Se. The fraction of sp³-hybridized carbons (Fsp3) is 0.143. The first-order valence-electron chi connectivity index (χ1n) is 3.16. The third-order valence-electron chi connectivity index (χ3n) is 1.53. The summed E-state index contributed by atoms with van der Waals surface area (Å²) in [5.74, 6) is -0.194. The van der Waals surface area contributed by atoms with Crippen LogP contribution in [0.15, 0.2) is 12.1 Å². The maximum atomic E-state index is 12.9. The second kappa shape index (κ2) is 2.39. The van der Waals surface area contributed by atoms with E-state index in [9.17, 15) is 4.39 Å². The van der Waals surface area contributed by atoms with E-state index in [2.05, 4.69) is 7.96 Å². The molecule has 0 radical (unpaired) electrons. The normalized spacial score (nSPS) is 10.7. The molecule has 2 nitrogen and oxygen atoms in total. The van der Waals surface area contributed by atoms with E-state index in [1.54, 1.807) is 13.0 Å². The zero-order valence-corrected chi connectivity index (χ0v) is 7.55. The summed E-state index contributed by atoms with van der Waals surface area (Å²) in [5, 5.41) is 0. The van der Waals surface area contributed by atoms with Crippen molar-refractivity contribution >= 4 is 26.0 Å². The van der Waals surface area contributed by atoms with Gasteiger partial charge < -0.3 is 0 Å². The third-order valence-corrected chi connectivity index (χ3v) is 2.70. The minimum absolute atomic E-state index is 0.0530. The standard InChI is InChI=1S/C7H5FN2Se/c1-4-2-6-7(3-5(4)8)10-11-9-6/h2-3H,1H3. The minimum atomic E-state index is -0.194. The van der Waals surface area contributed by atoms with Gasteiger partial charge in [0.2, 0.25) is 0 Å². The Bertz CT molecular complexity index is 360. The summed E-state index contributed by atoms with van der Waals surface area (Å²) in [4.78, 5) is 0. The third kappa shape index (κ3) is 1.08. The molecule has 0 saturated carbocycles. The van der Waals surface area contributed by atoms with Crippen LogP contribution in [-0.4, -0.2) is 22.9 Å². The van der Waals surface area contributed by atoms with Crippen LogP contribution in [0.25, 0.3) is 11.0 Å². The van der Waals surface area contributed by atoms with Crippen molar-refractivity contribution < 1.29 is 4.39 Å². The topological polar surface area (TPSA) is 25.8 Å². The van der Waals surface area contributed by atoms with Gasteiger partial charge in [-0.1, -0.05) is 0 Å². The summed E-state index contributed by atoms with van der Waals surface area (Å²) in [6, 6.07) is 3.19. The van der Waals surface area contributed by atoms with Crippen LogP contribution in [0, 0.1) is 12.7 Å². The Morgan fingerprint density at radius 1 is 1.27 bits per heavy atom. The molecule has 0 fully saturated rings. The molecule has 0 atom stereocenters. The van der Waals surface area contributed by atoms with Gasteiger partial charge in [0, 0.05) is 0 Å². The fourth-order valence-electron chi connectivity index (χ4n) is 0.910. The Kier molecular flexibility index (Phi) is 1.51. The van der Waals surface area contributed by atoms with Gasteiger partial charge in [-0.15, -0.1) is 0 Å². The monoisotopic (exact) mass is 216 g/mol. The van der Waals surface area contributed by atoms with Crippen LogP contribution >= 0.6 is 0 Å². The molecule has 1 aromatic carbocycles. The first-order chi connectivity index (χ1) is 5.27. The predicted molar refractivity (Wildman–Crippen MR) is 41.2 cm³/mol. The number of hydrogen-bond acceptors (Lipinski definition) is 2. The van der Waals surface area contributed by atoms with Crippen molar-refractivity contribution in [2.45, 2.75) is 6.92 Å². The number of hydrogen-bond donors (Lipinski definition) is 0. The van der Waals surface area contributed by atoms with Crippen LogP contribution < -0.4 is 0 Å². The van der Waals surface area contributed by atoms with Gasteiger partial charge in [-0.05, 0) is 0 Å². The van der Waals surface area contributed by atoms with E-state index in [0.717, 1.165) is 5.52 Å². The van der Waals surface area contributed by atoms with E-state index in [4.69, 9.17) is 0 Å². The van der Waals surface area contributed by atoms with Crippen molar-refractivity contribution in [2.24, 2.45) is 0 Å². The van der Waals surface area contributed by atoms with Gasteiger partial charge in [0.15, 0.2) is 0 Å². The second-order valence-electron chi connectivity index (χ2n) is 2.35. The van der Waals surface area contributed by atoms with Gasteiger partial charge in [0.25, 0.3) is 0 Å². The summed E-state index contributed by atoms with van der Waals surface area (Å²) in [7, 11) is 0. The average molecular weight is 215 g/mol. The first kappa shape index (κ1) is 6.95.